The number of carbonyl (C=O) groups is 1. The standard InChI is InChI=1S/C10H13BrN2O/c1-3-9(14)13-8-5-7(11)4-6(2)10(8)12/h4-5H,3,12H2,1-2H3,(H,13,14). The number of nitrogens with two attached hydrogens (primary N) is 1. The number of benzene rings is 1. The first-order valence-electron chi connectivity index (χ1n) is 4.40. The zero-order valence-electron chi connectivity index (χ0n) is 8.23. The van der Waals surface area contributed by atoms with Gasteiger partial charge in [-0.25, -0.2) is 0 Å². The number of aryl methyl sites for hydroxylation is 1. The number of hydrogen-bond donors (Lipinski definition) is 2. The van der Waals surface area contributed by atoms with Crippen LogP contribution in [0.5, 0.6) is 0 Å². The smallest absolute Gasteiger partial charge is 0.224 e. The van der Waals surface area contributed by atoms with Gasteiger partial charge >= 0.3 is 0 Å². The molecule has 0 unspecified atom stereocenters. The minimum Gasteiger partial charge on any atom is -0.397 e. The molecule has 0 radical (unpaired) electrons. The number of anilines is 2. The van der Waals surface area contributed by atoms with Crippen LogP contribution in [0.3, 0.4) is 0 Å². The highest BCUT2D eigenvalue weighted by Crippen LogP contribution is 2.27. The Labute approximate surface area is 91.8 Å². The highest BCUT2D eigenvalue weighted by Gasteiger charge is 2.06. The first-order chi connectivity index (χ1) is 6.54. The number of halogens is 1. The van der Waals surface area contributed by atoms with Crippen molar-refractivity contribution in [3.63, 3.8) is 0 Å². The maximum Gasteiger partial charge on any atom is 0.224 e. The van der Waals surface area contributed by atoms with Gasteiger partial charge in [0.15, 0.2) is 0 Å². The fraction of sp³-hybridized carbons (Fsp3) is 0.300. The molecule has 0 aliphatic rings. The molecule has 0 bridgehead atoms. The molecule has 0 saturated carbocycles. The normalized spacial score (nSPS) is 9.93. The van der Waals surface area contributed by atoms with Crippen LogP contribution in [0, 0.1) is 6.92 Å². The first-order valence-corrected chi connectivity index (χ1v) is 5.19. The van der Waals surface area contributed by atoms with Gasteiger partial charge in [0.05, 0.1) is 11.4 Å². The largest absolute Gasteiger partial charge is 0.397 e. The summed E-state index contributed by atoms with van der Waals surface area (Å²) >= 11 is 3.35. The zero-order valence-corrected chi connectivity index (χ0v) is 9.81. The molecule has 0 spiro atoms. The molecule has 1 amide bonds. The van der Waals surface area contributed by atoms with E-state index < -0.39 is 0 Å². The lowest BCUT2D eigenvalue weighted by molar-refractivity contribution is -0.115. The molecule has 0 aliphatic heterocycles. The molecule has 1 aromatic rings. The van der Waals surface area contributed by atoms with Crippen molar-refractivity contribution in [2.45, 2.75) is 20.3 Å². The summed E-state index contributed by atoms with van der Waals surface area (Å²) in [6.07, 6.45) is 0.449. The molecule has 1 rings (SSSR count). The van der Waals surface area contributed by atoms with Crippen molar-refractivity contribution >= 4 is 33.2 Å². The van der Waals surface area contributed by atoms with E-state index in [1.165, 1.54) is 0 Å². The summed E-state index contributed by atoms with van der Waals surface area (Å²) in [5.41, 5.74) is 8.06. The lowest BCUT2D eigenvalue weighted by Gasteiger charge is -2.10. The van der Waals surface area contributed by atoms with Crippen LogP contribution in [-0.2, 0) is 4.79 Å². The number of nitrogen functional groups attached to an aromatic ring is 1. The van der Waals surface area contributed by atoms with Gasteiger partial charge in [0.25, 0.3) is 0 Å². The van der Waals surface area contributed by atoms with Gasteiger partial charge in [0.1, 0.15) is 0 Å². The van der Waals surface area contributed by atoms with Crippen molar-refractivity contribution in [3.05, 3.63) is 22.2 Å². The average Bonchev–Trinajstić information content (AvgIpc) is 2.13. The van der Waals surface area contributed by atoms with Gasteiger partial charge in [-0.2, -0.15) is 0 Å². The fourth-order valence-corrected chi connectivity index (χ4v) is 1.67. The Morgan fingerprint density at radius 1 is 1.57 bits per heavy atom. The first kappa shape index (κ1) is 11.0. The zero-order chi connectivity index (χ0) is 10.7. The van der Waals surface area contributed by atoms with Gasteiger partial charge in [-0.15, -0.1) is 0 Å². The van der Waals surface area contributed by atoms with E-state index in [9.17, 15) is 4.79 Å². The Bertz CT molecular complexity index is 363. The third-order valence-electron chi connectivity index (χ3n) is 1.95. The Hall–Kier alpha value is -1.03. The third kappa shape index (κ3) is 2.48. The number of nitrogens with one attached hydrogen (secondary N) is 1. The molecule has 3 N–H and O–H groups in total. The molecule has 76 valence electrons. The second kappa shape index (κ2) is 4.46. The lowest BCUT2D eigenvalue weighted by atomic mass is 10.1. The SMILES string of the molecule is CCC(=O)Nc1cc(Br)cc(C)c1N. The topological polar surface area (TPSA) is 55.1 Å². The third-order valence-corrected chi connectivity index (χ3v) is 2.40. The number of carbonyl (C=O) groups excluding carboxylic acids is 1. The monoisotopic (exact) mass is 256 g/mol. The Balaban J connectivity index is 3.02. The van der Waals surface area contributed by atoms with Gasteiger partial charge < -0.3 is 11.1 Å². The van der Waals surface area contributed by atoms with Crippen LogP contribution in [-0.4, -0.2) is 5.91 Å². The van der Waals surface area contributed by atoms with Gasteiger partial charge in [0.2, 0.25) is 5.91 Å². The predicted molar refractivity (Wildman–Crippen MR) is 62.2 cm³/mol. The van der Waals surface area contributed by atoms with Crippen molar-refractivity contribution in [3.8, 4) is 0 Å². The van der Waals surface area contributed by atoms with Crippen molar-refractivity contribution in [1.29, 1.82) is 0 Å². The molecule has 0 saturated heterocycles. The van der Waals surface area contributed by atoms with Crippen LogP contribution in [0.4, 0.5) is 11.4 Å². The van der Waals surface area contributed by atoms with Crippen LogP contribution in [0.15, 0.2) is 16.6 Å². The number of amides is 1. The van der Waals surface area contributed by atoms with Crippen molar-refractivity contribution in [1.82, 2.24) is 0 Å². The summed E-state index contributed by atoms with van der Waals surface area (Å²) in [6.45, 7) is 3.71. The number of rotatable bonds is 2. The van der Waals surface area contributed by atoms with Crippen molar-refractivity contribution in [2.75, 3.05) is 11.1 Å². The molecular formula is C10H13BrN2O. The minimum atomic E-state index is -0.0331. The molecule has 0 aromatic heterocycles. The molecule has 0 fully saturated rings. The molecule has 14 heavy (non-hydrogen) atoms. The highest BCUT2D eigenvalue weighted by molar-refractivity contribution is 9.10. The average molecular weight is 257 g/mol. The number of hydrogen-bond acceptors (Lipinski definition) is 2. The highest BCUT2D eigenvalue weighted by atomic mass is 79.9. The molecule has 0 atom stereocenters. The Morgan fingerprint density at radius 3 is 2.79 bits per heavy atom. The summed E-state index contributed by atoms with van der Waals surface area (Å²) in [7, 11) is 0. The van der Waals surface area contributed by atoms with Crippen LogP contribution in [0.1, 0.15) is 18.9 Å². The van der Waals surface area contributed by atoms with E-state index >= 15 is 0 Å². The summed E-state index contributed by atoms with van der Waals surface area (Å²) < 4.78 is 0.913. The summed E-state index contributed by atoms with van der Waals surface area (Å²) in [5.74, 6) is -0.0331. The molecule has 4 heteroatoms. The summed E-state index contributed by atoms with van der Waals surface area (Å²) in [6, 6.07) is 3.72. The maximum absolute atomic E-state index is 11.2. The molecule has 3 nitrogen and oxygen atoms in total. The van der Waals surface area contributed by atoms with E-state index in [1.54, 1.807) is 13.0 Å². The van der Waals surface area contributed by atoms with E-state index in [1.807, 2.05) is 13.0 Å². The van der Waals surface area contributed by atoms with Gasteiger partial charge in [0, 0.05) is 10.9 Å². The van der Waals surface area contributed by atoms with E-state index in [4.69, 9.17) is 5.73 Å². The van der Waals surface area contributed by atoms with E-state index in [-0.39, 0.29) is 5.91 Å². The minimum absolute atomic E-state index is 0.0331. The van der Waals surface area contributed by atoms with Crippen LogP contribution in [0.2, 0.25) is 0 Å². The maximum atomic E-state index is 11.2. The van der Waals surface area contributed by atoms with E-state index in [2.05, 4.69) is 21.2 Å². The van der Waals surface area contributed by atoms with Gasteiger partial charge in [-0.1, -0.05) is 22.9 Å². The van der Waals surface area contributed by atoms with Crippen molar-refractivity contribution in [2.24, 2.45) is 0 Å². The molecule has 0 heterocycles. The Kier molecular flexibility index (Phi) is 3.52. The van der Waals surface area contributed by atoms with Crippen LogP contribution in [0.25, 0.3) is 0 Å². The lowest BCUT2D eigenvalue weighted by Crippen LogP contribution is -2.11. The van der Waals surface area contributed by atoms with E-state index in [0.717, 1.165) is 10.0 Å². The molecule has 1 aromatic carbocycles. The summed E-state index contributed by atoms with van der Waals surface area (Å²) in [4.78, 5) is 11.2. The van der Waals surface area contributed by atoms with E-state index in [0.29, 0.717) is 17.8 Å². The Morgan fingerprint density at radius 2 is 2.21 bits per heavy atom. The van der Waals surface area contributed by atoms with Crippen LogP contribution < -0.4 is 11.1 Å². The second-order valence-electron chi connectivity index (χ2n) is 3.09. The second-order valence-corrected chi connectivity index (χ2v) is 4.00. The fourth-order valence-electron chi connectivity index (χ4n) is 1.10. The molecule has 0 aliphatic carbocycles. The van der Waals surface area contributed by atoms with Crippen LogP contribution >= 0.6 is 15.9 Å². The molecular weight excluding hydrogens is 244 g/mol. The quantitative estimate of drug-likeness (QED) is 0.800. The van der Waals surface area contributed by atoms with Gasteiger partial charge in [-0.05, 0) is 24.6 Å². The predicted octanol–water partition coefficient (Wildman–Crippen LogP) is 2.69. The summed E-state index contributed by atoms with van der Waals surface area (Å²) in [5, 5.41) is 2.75. The van der Waals surface area contributed by atoms with Crippen molar-refractivity contribution < 1.29 is 4.79 Å². The van der Waals surface area contributed by atoms with Gasteiger partial charge in [-0.3, -0.25) is 4.79 Å².